The Morgan fingerprint density at radius 3 is 2.73 bits per heavy atom. The van der Waals surface area contributed by atoms with Gasteiger partial charge in [-0.3, -0.25) is 0 Å². The summed E-state index contributed by atoms with van der Waals surface area (Å²) in [6.07, 6.45) is 5.75. The van der Waals surface area contributed by atoms with Gasteiger partial charge in [0, 0.05) is 29.7 Å². The molecule has 1 atom stereocenters. The second-order valence-corrected chi connectivity index (χ2v) is 7.23. The van der Waals surface area contributed by atoms with E-state index in [1.807, 2.05) is 42.6 Å². The number of thioether (sulfide) groups is 1. The van der Waals surface area contributed by atoms with Gasteiger partial charge in [-0.1, -0.05) is 48.0 Å². The first kappa shape index (κ1) is 13.9. The first-order valence-corrected chi connectivity index (χ1v) is 8.58. The molecule has 0 spiro atoms. The van der Waals surface area contributed by atoms with Crippen LogP contribution < -0.4 is 0 Å². The molecular formula is C18H15ClN2S. The molecule has 1 aromatic heterocycles. The van der Waals surface area contributed by atoms with E-state index >= 15 is 0 Å². The Hall–Kier alpha value is -1.71. The summed E-state index contributed by atoms with van der Waals surface area (Å²) < 4.78 is 2.07. The zero-order valence-electron chi connectivity index (χ0n) is 11.9. The Morgan fingerprint density at radius 1 is 1.14 bits per heavy atom. The molecule has 22 heavy (non-hydrogen) atoms. The fraction of sp³-hybridized carbons (Fsp3) is 0.167. The number of hydrogen-bond donors (Lipinski definition) is 0. The van der Waals surface area contributed by atoms with Crippen molar-refractivity contribution in [3.8, 4) is 0 Å². The minimum atomic E-state index is -0.0815. The molecule has 1 unspecified atom stereocenters. The fourth-order valence-corrected chi connectivity index (χ4v) is 4.81. The van der Waals surface area contributed by atoms with Crippen LogP contribution in [0.25, 0.3) is 0 Å². The van der Waals surface area contributed by atoms with Crippen molar-refractivity contribution in [1.82, 2.24) is 9.55 Å². The van der Waals surface area contributed by atoms with E-state index < -0.39 is 0 Å². The van der Waals surface area contributed by atoms with Gasteiger partial charge in [0.15, 0.2) is 0 Å². The minimum absolute atomic E-state index is 0.0815. The van der Waals surface area contributed by atoms with Crippen molar-refractivity contribution in [1.29, 1.82) is 0 Å². The molecule has 3 aromatic rings. The Kier molecular flexibility index (Phi) is 3.47. The van der Waals surface area contributed by atoms with Crippen molar-refractivity contribution in [3.05, 3.63) is 89.0 Å². The monoisotopic (exact) mass is 326 g/mol. The Labute approximate surface area is 139 Å². The van der Waals surface area contributed by atoms with E-state index in [-0.39, 0.29) is 4.75 Å². The van der Waals surface area contributed by atoms with Gasteiger partial charge in [-0.2, -0.15) is 0 Å². The zero-order chi connectivity index (χ0) is 15.0. The molecule has 0 bridgehead atoms. The molecule has 0 aliphatic carbocycles. The molecule has 110 valence electrons. The number of nitrogens with zero attached hydrogens (tertiary/aromatic N) is 2. The van der Waals surface area contributed by atoms with Gasteiger partial charge in [0.1, 0.15) is 0 Å². The number of benzene rings is 2. The summed E-state index contributed by atoms with van der Waals surface area (Å²) in [4.78, 5) is 4.19. The summed E-state index contributed by atoms with van der Waals surface area (Å²) in [7, 11) is 0. The van der Waals surface area contributed by atoms with Crippen LogP contribution in [0.5, 0.6) is 0 Å². The number of aromatic nitrogens is 2. The van der Waals surface area contributed by atoms with Gasteiger partial charge in [0.25, 0.3) is 0 Å². The maximum absolute atomic E-state index is 6.08. The number of hydrogen-bond acceptors (Lipinski definition) is 2. The highest BCUT2D eigenvalue weighted by Gasteiger charge is 2.41. The minimum Gasteiger partial charge on any atom is -0.335 e. The third kappa shape index (κ3) is 2.25. The summed E-state index contributed by atoms with van der Waals surface area (Å²) in [5.74, 6) is 1.04. The van der Waals surface area contributed by atoms with Crippen LogP contribution in [0, 0.1) is 0 Å². The molecule has 0 radical (unpaired) electrons. The number of imidazole rings is 1. The van der Waals surface area contributed by atoms with Gasteiger partial charge in [-0.25, -0.2) is 4.98 Å². The van der Waals surface area contributed by atoms with E-state index in [9.17, 15) is 0 Å². The van der Waals surface area contributed by atoms with E-state index in [0.29, 0.717) is 0 Å². The fourth-order valence-electron chi connectivity index (χ4n) is 3.14. The van der Waals surface area contributed by atoms with Crippen LogP contribution in [-0.4, -0.2) is 9.55 Å². The standard InChI is InChI=1S/C18H15ClN2S/c19-16-7-5-15(6-8-16)18(12-21-10-9-20-13-21)17-4-2-1-3-14(17)11-22-18/h1-10,13H,11-12H2. The Balaban J connectivity index is 1.87. The van der Waals surface area contributed by atoms with Gasteiger partial charge < -0.3 is 4.57 Å². The average molecular weight is 327 g/mol. The lowest BCUT2D eigenvalue weighted by Crippen LogP contribution is -2.27. The van der Waals surface area contributed by atoms with Crippen molar-refractivity contribution >= 4 is 23.4 Å². The lowest BCUT2D eigenvalue weighted by molar-refractivity contribution is 0.585. The molecule has 4 heteroatoms. The first-order valence-electron chi connectivity index (χ1n) is 7.22. The van der Waals surface area contributed by atoms with Crippen LogP contribution in [-0.2, 0) is 17.0 Å². The Bertz CT molecular complexity index is 783. The molecule has 2 aromatic carbocycles. The zero-order valence-corrected chi connectivity index (χ0v) is 13.5. The lowest BCUT2D eigenvalue weighted by Gasteiger charge is -2.31. The van der Waals surface area contributed by atoms with Crippen LogP contribution in [0.2, 0.25) is 5.02 Å². The van der Waals surface area contributed by atoms with Gasteiger partial charge >= 0.3 is 0 Å². The summed E-state index contributed by atoms with van der Waals surface area (Å²) in [6.45, 7) is 0.871. The lowest BCUT2D eigenvalue weighted by atomic mass is 9.87. The van der Waals surface area contributed by atoms with Gasteiger partial charge in [-0.05, 0) is 28.8 Å². The van der Waals surface area contributed by atoms with Crippen molar-refractivity contribution in [2.24, 2.45) is 0 Å². The first-order chi connectivity index (χ1) is 10.8. The molecule has 2 heterocycles. The van der Waals surface area contributed by atoms with Crippen molar-refractivity contribution in [2.45, 2.75) is 17.0 Å². The normalized spacial score (nSPS) is 20.0. The second-order valence-electron chi connectivity index (χ2n) is 5.51. The van der Waals surface area contributed by atoms with E-state index in [4.69, 9.17) is 11.6 Å². The van der Waals surface area contributed by atoms with Crippen LogP contribution in [0.4, 0.5) is 0 Å². The average Bonchev–Trinajstić information content (AvgIpc) is 3.18. The number of rotatable bonds is 3. The van der Waals surface area contributed by atoms with Crippen LogP contribution in [0.3, 0.4) is 0 Å². The summed E-state index contributed by atoms with van der Waals surface area (Å²) >= 11 is 8.07. The van der Waals surface area contributed by atoms with Crippen LogP contribution >= 0.6 is 23.4 Å². The third-order valence-electron chi connectivity index (χ3n) is 4.20. The molecule has 0 amide bonds. The highest BCUT2D eigenvalue weighted by atomic mass is 35.5. The molecule has 1 aliphatic rings. The number of fused-ring (bicyclic) bond motifs is 1. The molecule has 0 fully saturated rings. The smallest absolute Gasteiger partial charge is 0.0946 e. The topological polar surface area (TPSA) is 17.8 Å². The van der Waals surface area contributed by atoms with Crippen LogP contribution in [0.15, 0.2) is 67.3 Å². The highest BCUT2D eigenvalue weighted by Crippen LogP contribution is 2.52. The van der Waals surface area contributed by atoms with Gasteiger partial charge in [0.2, 0.25) is 0 Å². The maximum atomic E-state index is 6.08. The molecule has 1 aliphatic heterocycles. The van der Waals surface area contributed by atoms with E-state index in [1.165, 1.54) is 16.7 Å². The maximum Gasteiger partial charge on any atom is 0.0946 e. The highest BCUT2D eigenvalue weighted by molar-refractivity contribution is 8.00. The molecule has 2 nitrogen and oxygen atoms in total. The SMILES string of the molecule is Clc1ccc(C2(Cn3ccnc3)SCc3ccccc32)cc1. The summed E-state index contributed by atoms with van der Waals surface area (Å²) in [6, 6.07) is 17.0. The summed E-state index contributed by atoms with van der Waals surface area (Å²) in [5.41, 5.74) is 4.11. The third-order valence-corrected chi connectivity index (χ3v) is 5.99. The molecule has 0 saturated heterocycles. The van der Waals surface area contributed by atoms with E-state index in [1.54, 1.807) is 0 Å². The van der Waals surface area contributed by atoms with E-state index in [2.05, 4.69) is 45.9 Å². The predicted octanol–water partition coefficient (Wildman–Crippen LogP) is 4.73. The quantitative estimate of drug-likeness (QED) is 0.692. The van der Waals surface area contributed by atoms with Crippen molar-refractivity contribution in [2.75, 3.05) is 0 Å². The second kappa shape index (κ2) is 5.49. The Morgan fingerprint density at radius 2 is 1.95 bits per heavy atom. The van der Waals surface area contributed by atoms with Crippen molar-refractivity contribution < 1.29 is 0 Å². The largest absolute Gasteiger partial charge is 0.335 e. The molecule has 0 N–H and O–H groups in total. The van der Waals surface area contributed by atoms with E-state index in [0.717, 1.165) is 17.3 Å². The molecule has 0 saturated carbocycles. The molecular weight excluding hydrogens is 312 g/mol. The summed E-state index contributed by atoms with van der Waals surface area (Å²) in [5, 5.41) is 0.776. The predicted molar refractivity (Wildman–Crippen MR) is 92.2 cm³/mol. The van der Waals surface area contributed by atoms with Gasteiger partial charge in [-0.15, -0.1) is 11.8 Å². The molecule has 4 rings (SSSR count). The van der Waals surface area contributed by atoms with Gasteiger partial charge in [0.05, 0.1) is 11.1 Å². The van der Waals surface area contributed by atoms with Crippen molar-refractivity contribution in [3.63, 3.8) is 0 Å². The number of halogens is 1. The van der Waals surface area contributed by atoms with Crippen LogP contribution in [0.1, 0.15) is 16.7 Å².